The minimum absolute atomic E-state index is 0.0297. The van der Waals surface area contributed by atoms with Crippen molar-refractivity contribution in [3.05, 3.63) is 0 Å². The monoisotopic (exact) mass is 580 g/mol. The fraction of sp³-hybridized carbons (Fsp3) is 0.931. The molecule has 232 valence electrons. The van der Waals surface area contributed by atoms with Crippen LogP contribution in [-0.2, 0) is 38.0 Å². The van der Waals surface area contributed by atoms with Gasteiger partial charge in [0.25, 0.3) is 5.91 Å². The minimum atomic E-state index is -0.312. The van der Waals surface area contributed by atoms with Gasteiger partial charge in [0.1, 0.15) is 33.6 Å². The fourth-order valence-corrected chi connectivity index (χ4v) is 5.39. The number of hydrogen-bond donors (Lipinski definition) is 0. The third-order valence-electron chi connectivity index (χ3n) is 8.83. The highest BCUT2D eigenvalue weighted by Crippen LogP contribution is 2.37. The number of carbonyl (C=O) groups is 2. The summed E-state index contributed by atoms with van der Waals surface area (Å²) in [5, 5.41) is 5.98. The van der Waals surface area contributed by atoms with Crippen LogP contribution in [-0.4, -0.2) is 144 Å². The Kier molecular flexibility index (Phi) is 7.30. The number of epoxide rings is 6. The summed E-state index contributed by atoms with van der Waals surface area (Å²) in [6.45, 7) is 19.6. The first-order valence-corrected chi connectivity index (χ1v) is 15.1. The summed E-state index contributed by atoms with van der Waals surface area (Å²) in [7, 11) is 0. The number of amides is 2. The Morgan fingerprint density at radius 2 is 0.756 bits per heavy atom. The lowest BCUT2D eigenvalue weighted by Crippen LogP contribution is -2.62. The van der Waals surface area contributed by atoms with E-state index in [2.05, 4.69) is 37.7 Å². The van der Waals surface area contributed by atoms with Gasteiger partial charge in [0.2, 0.25) is 5.91 Å². The molecule has 12 nitrogen and oxygen atoms in total. The van der Waals surface area contributed by atoms with Gasteiger partial charge in [0.15, 0.2) is 0 Å². The Hall–Kier alpha value is -1.38. The van der Waals surface area contributed by atoms with E-state index in [1.807, 2.05) is 18.7 Å². The first kappa shape index (κ1) is 29.7. The molecule has 6 atom stereocenters. The highest BCUT2D eigenvalue weighted by Gasteiger charge is 2.53. The average molecular weight is 581 g/mol. The smallest absolute Gasteiger partial charge is 0.251 e. The molecule has 0 bridgehead atoms. The van der Waals surface area contributed by atoms with E-state index >= 15 is 0 Å². The van der Waals surface area contributed by atoms with Crippen molar-refractivity contribution in [2.45, 2.75) is 94.4 Å². The molecule has 6 heterocycles. The molecule has 12 heteroatoms. The van der Waals surface area contributed by atoms with Crippen molar-refractivity contribution in [3.8, 4) is 0 Å². The lowest BCUT2D eigenvalue weighted by Gasteiger charge is -2.44. The number of carbonyl (C=O) groups excluding carboxylic acids is 2. The molecule has 2 amide bonds. The summed E-state index contributed by atoms with van der Waals surface area (Å²) in [6.07, 6.45) is 0.970. The summed E-state index contributed by atoms with van der Waals surface area (Å²) in [6, 6.07) is 0. The van der Waals surface area contributed by atoms with Gasteiger partial charge in [-0.3, -0.25) is 9.59 Å². The second kappa shape index (κ2) is 10.1. The van der Waals surface area contributed by atoms with Gasteiger partial charge in [0, 0.05) is 12.8 Å². The van der Waals surface area contributed by atoms with Crippen LogP contribution < -0.4 is 0 Å². The van der Waals surface area contributed by atoms with E-state index in [0.29, 0.717) is 85.3 Å². The van der Waals surface area contributed by atoms with E-state index in [1.54, 1.807) is 5.12 Å². The van der Waals surface area contributed by atoms with Crippen molar-refractivity contribution in [1.82, 2.24) is 20.0 Å². The zero-order valence-electron chi connectivity index (χ0n) is 25.7. The van der Waals surface area contributed by atoms with Crippen LogP contribution in [0.5, 0.6) is 0 Å². The number of hydrazine groups is 2. The second-order valence-electron chi connectivity index (χ2n) is 14.9. The van der Waals surface area contributed by atoms with Crippen LogP contribution >= 0.6 is 0 Å². The third kappa shape index (κ3) is 7.97. The van der Waals surface area contributed by atoms with Gasteiger partial charge >= 0.3 is 0 Å². The maximum atomic E-state index is 14.2. The van der Waals surface area contributed by atoms with Gasteiger partial charge in [-0.25, -0.2) is 5.12 Å². The molecule has 6 rings (SSSR count). The molecule has 6 fully saturated rings. The Bertz CT molecular complexity index is 926. The highest BCUT2D eigenvalue weighted by molar-refractivity contribution is 5.79. The quantitative estimate of drug-likeness (QED) is 0.171. The minimum Gasteiger partial charge on any atom is -0.368 e. The lowest BCUT2D eigenvalue weighted by atomic mass is 10.1. The van der Waals surface area contributed by atoms with Crippen LogP contribution in [0.1, 0.15) is 60.8 Å². The summed E-state index contributed by atoms with van der Waals surface area (Å²) < 4.78 is 34.2. The molecular weight excluding hydrogens is 532 g/mol. The number of ether oxygens (including phenoxy) is 6. The zero-order chi connectivity index (χ0) is 29.3. The van der Waals surface area contributed by atoms with Crippen LogP contribution in [0.4, 0.5) is 0 Å². The van der Waals surface area contributed by atoms with Gasteiger partial charge in [-0.05, 0) is 48.0 Å². The number of hydrogen-bond acceptors (Lipinski definition) is 10. The maximum absolute atomic E-state index is 14.2. The predicted octanol–water partition coefficient (Wildman–Crippen LogP) is 0.981. The molecule has 0 aromatic carbocycles. The molecule has 0 aromatic rings. The second-order valence-corrected chi connectivity index (χ2v) is 14.9. The molecule has 6 aliphatic heterocycles. The molecule has 0 aliphatic carbocycles. The molecule has 0 radical (unpaired) electrons. The first-order chi connectivity index (χ1) is 19.1. The fourth-order valence-electron chi connectivity index (χ4n) is 5.39. The van der Waals surface area contributed by atoms with Crippen molar-refractivity contribution < 1.29 is 38.0 Å². The molecule has 41 heavy (non-hydrogen) atoms. The van der Waals surface area contributed by atoms with E-state index in [1.165, 1.54) is 0 Å². The maximum Gasteiger partial charge on any atom is 0.251 e. The summed E-state index contributed by atoms with van der Waals surface area (Å²) >= 11 is 0. The topological polar surface area (TPSA) is 122 Å². The van der Waals surface area contributed by atoms with Crippen LogP contribution in [0.2, 0.25) is 0 Å². The van der Waals surface area contributed by atoms with Crippen molar-refractivity contribution in [1.29, 1.82) is 0 Å². The molecule has 0 N–H and O–H groups in total. The van der Waals surface area contributed by atoms with E-state index in [-0.39, 0.29) is 58.3 Å². The van der Waals surface area contributed by atoms with Crippen LogP contribution in [0.25, 0.3) is 0 Å². The van der Waals surface area contributed by atoms with Crippen molar-refractivity contribution in [3.63, 3.8) is 0 Å². The summed E-state index contributed by atoms with van der Waals surface area (Å²) in [4.78, 5) is 29.4. The molecular formula is C29H48N4O8. The standard InChI is InChI=1S/C29H48N4O8/c1-24(16-36-24)10-30(11-25(2)17-37-25)22(34)8-7-9-23(35)33(31(12-26(3)18-38-26)13-27(4)19-39-27)32(14-28(5)20-40-28)15-29(6)21-41-29/h7-21H2,1-6H3. The van der Waals surface area contributed by atoms with Crippen LogP contribution in [0.15, 0.2) is 0 Å². The van der Waals surface area contributed by atoms with Gasteiger partial charge in [-0.15, -0.1) is 0 Å². The van der Waals surface area contributed by atoms with Gasteiger partial charge in [0.05, 0.1) is 78.9 Å². The molecule has 6 unspecified atom stereocenters. The Labute approximate surface area is 243 Å². The van der Waals surface area contributed by atoms with Gasteiger partial charge < -0.3 is 33.3 Å². The molecule has 0 saturated carbocycles. The molecule has 6 aliphatic rings. The van der Waals surface area contributed by atoms with E-state index in [0.717, 1.165) is 0 Å². The van der Waals surface area contributed by atoms with Crippen LogP contribution in [0.3, 0.4) is 0 Å². The SMILES string of the molecule is CC1(CN(CC2(C)CO2)C(=O)CCCC(=O)N(N(CC2(C)CO2)CC2(C)CO2)N(CC2(C)CO2)CC2(C)CO2)CO1. The zero-order valence-corrected chi connectivity index (χ0v) is 25.7. The highest BCUT2D eigenvalue weighted by atomic mass is 16.6. The van der Waals surface area contributed by atoms with Crippen molar-refractivity contribution >= 4 is 11.8 Å². The molecule has 0 aromatic heterocycles. The van der Waals surface area contributed by atoms with Gasteiger partial charge in [-0.1, -0.05) is 0 Å². The summed E-state index contributed by atoms with van der Waals surface area (Å²) in [5.74, 6) is -0.0246. The van der Waals surface area contributed by atoms with Crippen LogP contribution in [0, 0.1) is 0 Å². The summed E-state index contributed by atoms with van der Waals surface area (Å²) in [5.41, 5.74) is -1.81. The number of nitrogens with zero attached hydrogens (tertiary/aromatic N) is 4. The van der Waals surface area contributed by atoms with E-state index in [4.69, 9.17) is 28.4 Å². The van der Waals surface area contributed by atoms with E-state index < -0.39 is 0 Å². The van der Waals surface area contributed by atoms with E-state index in [9.17, 15) is 9.59 Å². The largest absolute Gasteiger partial charge is 0.368 e. The molecule has 0 spiro atoms. The normalized spacial score (nSPS) is 41.4. The Morgan fingerprint density at radius 3 is 1.05 bits per heavy atom. The average Bonchev–Trinajstić information content (AvgIpc) is 3.67. The third-order valence-corrected chi connectivity index (χ3v) is 8.83. The lowest BCUT2D eigenvalue weighted by molar-refractivity contribution is -0.211. The van der Waals surface area contributed by atoms with Gasteiger partial charge in [-0.2, -0.15) is 10.0 Å². The Balaban J connectivity index is 1.16. The predicted molar refractivity (Wildman–Crippen MR) is 147 cm³/mol. The van der Waals surface area contributed by atoms with Crippen molar-refractivity contribution in [2.24, 2.45) is 0 Å². The first-order valence-electron chi connectivity index (χ1n) is 15.1. The number of rotatable bonds is 18. The Morgan fingerprint density at radius 1 is 0.488 bits per heavy atom. The molecule has 6 saturated heterocycles. The van der Waals surface area contributed by atoms with Crippen molar-refractivity contribution in [2.75, 3.05) is 78.9 Å².